The van der Waals surface area contributed by atoms with Crippen LogP contribution in [0.1, 0.15) is 11.3 Å². The SMILES string of the molecule is COc1cc(Cc2[nH]cnc2Br)cc(OC)c1OC. The van der Waals surface area contributed by atoms with Crippen molar-refractivity contribution >= 4 is 15.9 Å². The van der Waals surface area contributed by atoms with Crippen molar-refractivity contribution in [3.05, 3.63) is 34.3 Å². The summed E-state index contributed by atoms with van der Waals surface area (Å²) in [5.41, 5.74) is 2.04. The Morgan fingerprint density at radius 1 is 1.11 bits per heavy atom. The molecule has 0 unspecified atom stereocenters. The summed E-state index contributed by atoms with van der Waals surface area (Å²) in [5, 5.41) is 0. The van der Waals surface area contributed by atoms with E-state index in [-0.39, 0.29) is 0 Å². The van der Waals surface area contributed by atoms with Gasteiger partial charge in [-0.1, -0.05) is 0 Å². The monoisotopic (exact) mass is 326 g/mol. The lowest BCUT2D eigenvalue weighted by atomic mass is 10.1. The van der Waals surface area contributed by atoms with E-state index in [1.807, 2.05) is 12.1 Å². The van der Waals surface area contributed by atoms with E-state index >= 15 is 0 Å². The smallest absolute Gasteiger partial charge is 0.203 e. The Kier molecular flexibility index (Phi) is 4.31. The third-order valence-electron chi connectivity index (χ3n) is 2.77. The molecule has 0 spiro atoms. The van der Waals surface area contributed by atoms with Gasteiger partial charge in [-0.25, -0.2) is 4.98 Å². The summed E-state index contributed by atoms with van der Waals surface area (Å²) in [4.78, 5) is 7.19. The normalized spacial score (nSPS) is 10.3. The van der Waals surface area contributed by atoms with Gasteiger partial charge in [-0.15, -0.1) is 0 Å². The van der Waals surface area contributed by atoms with Gasteiger partial charge in [0.1, 0.15) is 4.60 Å². The first-order chi connectivity index (χ1) is 9.19. The molecule has 0 saturated heterocycles. The minimum absolute atomic E-state index is 0.595. The number of rotatable bonds is 5. The number of halogens is 1. The van der Waals surface area contributed by atoms with Gasteiger partial charge in [-0.3, -0.25) is 0 Å². The fourth-order valence-electron chi connectivity index (χ4n) is 1.87. The van der Waals surface area contributed by atoms with E-state index in [1.54, 1.807) is 27.7 Å². The molecule has 5 nitrogen and oxygen atoms in total. The van der Waals surface area contributed by atoms with Crippen LogP contribution in [0, 0.1) is 0 Å². The van der Waals surface area contributed by atoms with Gasteiger partial charge in [0.15, 0.2) is 11.5 Å². The molecule has 0 amide bonds. The highest BCUT2D eigenvalue weighted by atomic mass is 79.9. The molecule has 1 aromatic carbocycles. The summed E-state index contributed by atoms with van der Waals surface area (Å²) < 4.78 is 16.8. The molecule has 2 rings (SSSR count). The molecule has 1 aromatic heterocycles. The van der Waals surface area contributed by atoms with Crippen molar-refractivity contribution in [3.8, 4) is 17.2 Å². The number of aromatic nitrogens is 2. The van der Waals surface area contributed by atoms with Crippen LogP contribution in [0.5, 0.6) is 17.2 Å². The maximum absolute atomic E-state index is 5.33. The van der Waals surface area contributed by atoms with E-state index < -0.39 is 0 Å². The third-order valence-corrected chi connectivity index (χ3v) is 3.45. The zero-order valence-corrected chi connectivity index (χ0v) is 12.6. The number of methoxy groups -OCH3 is 3. The quantitative estimate of drug-likeness (QED) is 0.917. The highest BCUT2D eigenvalue weighted by Gasteiger charge is 2.14. The van der Waals surface area contributed by atoms with Crippen LogP contribution >= 0.6 is 15.9 Å². The third kappa shape index (κ3) is 2.84. The molecule has 6 heteroatoms. The second-order valence-electron chi connectivity index (χ2n) is 3.88. The predicted octanol–water partition coefficient (Wildman–Crippen LogP) is 2.79. The molecule has 102 valence electrons. The summed E-state index contributed by atoms with van der Waals surface area (Å²) in [5.74, 6) is 1.89. The molecule has 0 saturated carbocycles. The number of benzene rings is 1. The van der Waals surface area contributed by atoms with Crippen LogP contribution in [0.3, 0.4) is 0 Å². The van der Waals surface area contributed by atoms with Crippen molar-refractivity contribution in [2.24, 2.45) is 0 Å². The zero-order valence-electron chi connectivity index (χ0n) is 11.0. The highest BCUT2D eigenvalue weighted by Crippen LogP contribution is 2.38. The second kappa shape index (κ2) is 5.97. The van der Waals surface area contributed by atoms with Gasteiger partial charge in [-0.2, -0.15) is 0 Å². The Bertz CT molecular complexity index is 544. The van der Waals surface area contributed by atoms with E-state index in [4.69, 9.17) is 14.2 Å². The largest absolute Gasteiger partial charge is 0.493 e. The van der Waals surface area contributed by atoms with E-state index in [0.717, 1.165) is 15.9 Å². The average Bonchev–Trinajstić information content (AvgIpc) is 2.83. The lowest BCUT2D eigenvalue weighted by Crippen LogP contribution is -1.98. The van der Waals surface area contributed by atoms with Crippen molar-refractivity contribution in [1.82, 2.24) is 9.97 Å². The summed E-state index contributed by atoms with van der Waals surface area (Å²) in [6.07, 6.45) is 2.34. The first kappa shape index (κ1) is 13.7. The van der Waals surface area contributed by atoms with Crippen LogP contribution in [0.2, 0.25) is 0 Å². The molecule has 1 N–H and O–H groups in total. The minimum Gasteiger partial charge on any atom is -0.493 e. The van der Waals surface area contributed by atoms with Crippen LogP contribution in [0.4, 0.5) is 0 Å². The Morgan fingerprint density at radius 3 is 2.16 bits per heavy atom. The number of imidazole rings is 1. The first-order valence-electron chi connectivity index (χ1n) is 5.66. The van der Waals surface area contributed by atoms with E-state index in [9.17, 15) is 0 Å². The lowest BCUT2D eigenvalue weighted by molar-refractivity contribution is 0.324. The molecular weight excluding hydrogens is 312 g/mol. The maximum Gasteiger partial charge on any atom is 0.203 e. The first-order valence-corrected chi connectivity index (χ1v) is 6.45. The minimum atomic E-state index is 0.595. The fraction of sp³-hybridized carbons (Fsp3) is 0.308. The van der Waals surface area contributed by atoms with Gasteiger partial charge in [-0.05, 0) is 33.6 Å². The van der Waals surface area contributed by atoms with Crippen molar-refractivity contribution in [3.63, 3.8) is 0 Å². The number of hydrogen-bond donors (Lipinski definition) is 1. The van der Waals surface area contributed by atoms with Crippen molar-refractivity contribution in [2.75, 3.05) is 21.3 Å². The number of aromatic amines is 1. The molecule has 0 atom stereocenters. The molecular formula is C13H15BrN2O3. The van der Waals surface area contributed by atoms with Crippen LogP contribution < -0.4 is 14.2 Å². The van der Waals surface area contributed by atoms with Crippen LogP contribution in [0.25, 0.3) is 0 Å². The number of ether oxygens (including phenoxy) is 3. The Hall–Kier alpha value is -1.69. The lowest BCUT2D eigenvalue weighted by Gasteiger charge is -2.13. The summed E-state index contributed by atoms with van der Waals surface area (Å²) >= 11 is 3.39. The Balaban J connectivity index is 2.39. The molecule has 19 heavy (non-hydrogen) atoms. The number of nitrogens with zero attached hydrogens (tertiary/aromatic N) is 1. The highest BCUT2D eigenvalue weighted by molar-refractivity contribution is 9.10. The number of nitrogens with one attached hydrogen (secondary N) is 1. The van der Waals surface area contributed by atoms with E-state index in [1.165, 1.54) is 0 Å². The molecule has 2 aromatic rings. The molecule has 1 heterocycles. The van der Waals surface area contributed by atoms with Gasteiger partial charge in [0.2, 0.25) is 5.75 Å². The molecule has 0 radical (unpaired) electrons. The van der Waals surface area contributed by atoms with E-state index in [0.29, 0.717) is 23.7 Å². The molecule has 0 aliphatic heterocycles. The summed E-state index contributed by atoms with van der Waals surface area (Å²) in [6, 6.07) is 3.85. The van der Waals surface area contributed by atoms with Gasteiger partial charge in [0.05, 0.1) is 33.4 Å². The summed E-state index contributed by atoms with van der Waals surface area (Å²) in [6.45, 7) is 0. The Labute approximate surface area is 120 Å². The predicted molar refractivity (Wildman–Crippen MR) is 75.2 cm³/mol. The number of hydrogen-bond acceptors (Lipinski definition) is 4. The van der Waals surface area contributed by atoms with Gasteiger partial charge < -0.3 is 19.2 Å². The summed E-state index contributed by atoms with van der Waals surface area (Å²) in [7, 11) is 4.80. The van der Waals surface area contributed by atoms with Crippen molar-refractivity contribution < 1.29 is 14.2 Å². The van der Waals surface area contributed by atoms with Crippen molar-refractivity contribution in [2.45, 2.75) is 6.42 Å². The van der Waals surface area contributed by atoms with E-state index in [2.05, 4.69) is 25.9 Å². The molecule has 0 bridgehead atoms. The zero-order chi connectivity index (χ0) is 13.8. The number of H-pyrrole nitrogens is 1. The van der Waals surface area contributed by atoms with Crippen LogP contribution in [-0.2, 0) is 6.42 Å². The topological polar surface area (TPSA) is 56.4 Å². The molecule has 0 fully saturated rings. The maximum atomic E-state index is 5.33. The van der Waals surface area contributed by atoms with Gasteiger partial charge >= 0.3 is 0 Å². The van der Waals surface area contributed by atoms with Crippen LogP contribution in [-0.4, -0.2) is 31.3 Å². The average molecular weight is 327 g/mol. The van der Waals surface area contributed by atoms with Gasteiger partial charge in [0, 0.05) is 6.42 Å². The molecule has 0 aliphatic carbocycles. The standard InChI is InChI=1S/C13H15BrN2O3/c1-17-10-5-8(4-9-13(14)16-7-15-9)6-11(18-2)12(10)19-3/h5-7H,4H2,1-3H3,(H,15,16). The second-order valence-corrected chi connectivity index (χ2v) is 4.63. The Morgan fingerprint density at radius 2 is 1.74 bits per heavy atom. The van der Waals surface area contributed by atoms with Gasteiger partial charge in [0.25, 0.3) is 0 Å². The van der Waals surface area contributed by atoms with Crippen molar-refractivity contribution in [1.29, 1.82) is 0 Å². The molecule has 0 aliphatic rings. The van der Waals surface area contributed by atoms with Crippen LogP contribution in [0.15, 0.2) is 23.1 Å². The fourth-order valence-corrected chi connectivity index (χ4v) is 2.23.